The molecule has 0 saturated carbocycles. The van der Waals surface area contributed by atoms with Gasteiger partial charge < -0.3 is 0 Å². The fraction of sp³-hybridized carbons (Fsp3) is 0.750. The number of halogens is 1. The second-order valence-corrected chi connectivity index (χ2v) is 0.204. The van der Waals surface area contributed by atoms with E-state index >= 15 is 0 Å². The Kier molecular flexibility index (Phi) is 29900. The summed E-state index contributed by atoms with van der Waals surface area (Å²) in [6.07, 6.45) is 1.50. The van der Waals surface area contributed by atoms with Crippen molar-refractivity contribution in [1.29, 1.82) is 10.8 Å². The highest BCUT2D eigenvalue weighted by atomic mass is 19.0. The van der Waals surface area contributed by atoms with Crippen LogP contribution < -0.4 is 0 Å². The molecule has 88 valence electrons. The second-order valence-electron chi connectivity index (χ2n) is 0.204. The second kappa shape index (κ2) is 2110. The minimum Gasteiger partial charge on any atom is -0.269 e. The molecule has 13 heavy (non-hydrogen) atoms. The van der Waals surface area contributed by atoms with Crippen LogP contribution in [0.1, 0.15) is 44.6 Å². The minimum absolute atomic E-state index is 0. The zero-order valence-corrected chi connectivity index (χ0v) is 3.22. The molecule has 4 nitrogen and oxygen atoms in total. The maximum atomic E-state index is 8.35. The molecule has 0 aliphatic carbocycles. The molecule has 0 aliphatic rings. The van der Waals surface area contributed by atoms with E-state index < -0.39 is 0 Å². The molecular weight excluding hydrogens is 175 g/mol. The predicted octanol–water partition coefficient (Wildman–Crippen LogP) is 3.77. The molecule has 0 aliphatic heterocycles. The first-order valence-electron chi connectivity index (χ1n) is 0.908. The highest BCUT2D eigenvalue weighted by Gasteiger charge is 1.04. The van der Waals surface area contributed by atoms with Crippen LogP contribution in [0.4, 0.5) is 4.70 Å². The van der Waals surface area contributed by atoms with Gasteiger partial charge in [-0.05, 0) is 0 Å². The van der Waals surface area contributed by atoms with Crippen LogP contribution >= 0.6 is 0 Å². The third kappa shape index (κ3) is 470. The van der Waals surface area contributed by atoms with E-state index in [1.807, 2.05) is 0 Å². The van der Waals surface area contributed by atoms with Gasteiger partial charge in [0.15, 0.2) is 0 Å². The van der Waals surface area contributed by atoms with Crippen molar-refractivity contribution in [2.45, 2.75) is 44.6 Å². The van der Waals surface area contributed by atoms with Crippen LogP contribution in [0, 0.1) is 10.8 Å². The topological polar surface area (TPSA) is 81.8 Å². The van der Waals surface area contributed by atoms with Crippen molar-refractivity contribution >= 4 is 12.2 Å². The Labute approximate surface area is 82.8 Å². The molecule has 0 bridgehead atoms. The average molecular weight is 202 g/mol. The summed E-state index contributed by atoms with van der Waals surface area (Å²) >= 11 is 0. The smallest absolute Gasteiger partial charge is 0.231 e. The van der Waals surface area contributed by atoms with Crippen LogP contribution in [0.25, 0.3) is 0 Å². The Morgan fingerprint density at radius 2 is 0.615 bits per heavy atom. The highest BCUT2D eigenvalue weighted by Crippen LogP contribution is 0.871. The highest BCUT2D eigenvalue weighted by molar-refractivity contribution is 5.26. The number of rotatable bonds is 0. The lowest BCUT2D eigenvalue weighted by Gasteiger charge is -1.02. The summed E-state index contributed by atoms with van der Waals surface area (Å²) in [5, 5.41) is 10.8. The van der Waals surface area contributed by atoms with Gasteiger partial charge in [-0.15, -0.1) is 0 Å². The van der Waals surface area contributed by atoms with Crippen molar-refractivity contribution in [2.75, 3.05) is 0 Å². The molecule has 0 unspecified atom stereocenters. The lowest BCUT2D eigenvalue weighted by Crippen LogP contribution is -1.16. The lowest BCUT2D eigenvalue weighted by atomic mass is 11.7. The SMILES string of the molecule is C.C.C.C.C.C.F.N=C=O.N=C=O. The standard InChI is InChI=1S/2CHNO.6CH4.FH/c2*2-1-3;;;;;;;/h2*2H;6*1H4;1H. The van der Waals surface area contributed by atoms with E-state index in [1.165, 1.54) is 0 Å². The summed E-state index contributed by atoms with van der Waals surface area (Å²) in [5.74, 6) is 0. The monoisotopic (exact) mass is 202 g/mol. The van der Waals surface area contributed by atoms with E-state index in [1.54, 1.807) is 0 Å². The normalized spacial score (nSPS) is 1.23. The lowest BCUT2D eigenvalue weighted by molar-refractivity contribution is 0.562. The number of hydrogen-bond donors (Lipinski definition) is 2. The molecule has 0 heterocycles. The molecule has 0 atom stereocenters. The number of isocyanates is 2. The first kappa shape index (κ1) is 185. The first-order valence-corrected chi connectivity index (χ1v) is 0.908. The van der Waals surface area contributed by atoms with E-state index in [4.69, 9.17) is 20.4 Å². The van der Waals surface area contributed by atoms with Gasteiger partial charge in [-0.3, -0.25) is 4.70 Å². The molecule has 0 radical (unpaired) electrons. The van der Waals surface area contributed by atoms with E-state index in [9.17, 15) is 0 Å². The summed E-state index contributed by atoms with van der Waals surface area (Å²) < 4.78 is 0. The average Bonchev–Trinajstić information content (AvgIpc) is 1.39. The van der Waals surface area contributed by atoms with Gasteiger partial charge in [0, 0.05) is 0 Å². The van der Waals surface area contributed by atoms with Gasteiger partial charge in [-0.2, -0.15) is 0 Å². The molecule has 0 aromatic heterocycles. The predicted molar refractivity (Wildman–Crippen MR) is 59.7 cm³/mol. The summed E-state index contributed by atoms with van der Waals surface area (Å²) in [7, 11) is 0. The first-order chi connectivity index (χ1) is 2.83. The molecule has 0 spiro atoms. The van der Waals surface area contributed by atoms with Crippen molar-refractivity contribution < 1.29 is 14.3 Å². The van der Waals surface area contributed by atoms with Crippen LogP contribution in [0.2, 0.25) is 0 Å². The van der Waals surface area contributed by atoms with Gasteiger partial charge in [-0.1, -0.05) is 44.6 Å². The van der Waals surface area contributed by atoms with Crippen LogP contribution in [0.15, 0.2) is 0 Å². The quantitative estimate of drug-likeness (QED) is 0.463. The van der Waals surface area contributed by atoms with Crippen molar-refractivity contribution in [3.8, 4) is 0 Å². The third-order valence-corrected chi connectivity index (χ3v) is 0. The molecule has 0 fully saturated rings. The van der Waals surface area contributed by atoms with Crippen molar-refractivity contribution in [3.63, 3.8) is 0 Å². The minimum atomic E-state index is 0. The van der Waals surface area contributed by atoms with Gasteiger partial charge in [0.1, 0.15) is 0 Å². The molecule has 0 amide bonds. The summed E-state index contributed by atoms with van der Waals surface area (Å²) in [6.45, 7) is 0. The Morgan fingerprint density at radius 1 is 0.615 bits per heavy atom. The fourth-order valence-electron chi connectivity index (χ4n) is 0. The van der Waals surface area contributed by atoms with Gasteiger partial charge in [0.05, 0.1) is 0 Å². The van der Waals surface area contributed by atoms with E-state index in [0.717, 1.165) is 12.2 Å². The van der Waals surface area contributed by atoms with Crippen molar-refractivity contribution in [2.24, 2.45) is 0 Å². The summed E-state index contributed by atoms with van der Waals surface area (Å²) in [4.78, 5) is 16.7. The zero-order valence-electron chi connectivity index (χ0n) is 3.22. The molecule has 0 aromatic rings. The summed E-state index contributed by atoms with van der Waals surface area (Å²) in [5.41, 5.74) is 0. The number of hydrogen-bond acceptors (Lipinski definition) is 4. The maximum Gasteiger partial charge on any atom is 0.231 e. The van der Waals surface area contributed by atoms with Gasteiger partial charge in [0.25, 0.3) is 0 Å². The van der Waals surface area contributed by atoms with E-state index in [-0.39, 0.29) is 49.3 Å². The van der Waals surface area contributed by atoms with Gasteiger partial charge in [0.2, 0.25) is 12.2 Å². The molecule has 0 rings (SSSR count). The van der Waals surface area contributed by atoms with Crippen LogP contribution in [-0.4, -0.2) is 12.2 Å². The molecule has 0 aromatic carbocycles. The molecular formula is C8H27FN2O2. The molecule has 5 heteroatoms. The Morgan fingerprint density at radius 3 is 0.615 bits per heavy atom. The number of nitrogens with one attached hydrogen (secondary N) is 2. The van der Waals surface area contributed by atoms with Gasteiger partial charge >= 0.3 is 0 Å². The van der Waals surface area contributed by atoms with Crippen LogP contribution in [-0.2, 0) is 9.59 Å². The van der Waals surface area contributed by atoms with Crippen molar-refractivity contribution in [3.05, 3.63) is 0 Å². The van der Waals surface area contributed by atoms with Crippen LogP contribution in [0.5, 0.6) is 0 Å². The Balaban J connectivity index is -0.00000000229. The summed E-state index contributed by atoms with van der Waals surface area (Å²) in [6, 6.07) is 0. The number of carbonyl (C=O) groups excluding carboxylic acids is 2. The Bertz CT molecular complexity index is 74.1. The molecule has 0 saturated heterocycles. The Hall–Kier alpha value is -1.31. The third-order valence-electron chi connectivity index (χ3n) is 0. The van der Waals surface area contributed by atoms with E-state index in [2.05, 4.69) is 0 Å². The van der Waals surface area contributed by atoms with Crippen molar-refractivity contribution in [1.82, 2.24) is 0 Å². The fourth-order valence-corrected chi connectivity index (χ4v) is 0. The van der Waals surface area contributed by atoms with E-state index in [0.29, 0.717) is 0 Å². The largest absolute Gasteiger partial charge is 0.269 e. The zero-order chi connectivity index (χ0) is 5.41. The molecule has 2 N–H and O–H groups in total. The van der Waals surface area contributed by atoms with Gasteiger partial charge in [-0.25, -0.2) is 20.4 Å². The van der Waals surface area contributed by atoms with Crippen LogP contribution in [0.3, 0.4) is 0 Å². The maximum absolute atomic E-state index is 8.35.